The quantitative estimate of drug-likeness (QED) is 0.338. The highest BCUT2D eigenvalue weighted by molar-refractivity contribution is 7.15. The van der Waals surface area contributed by atoms with Gasteiger partial charge in [-0.3, -0.25) is 10.1 Å². The Morgan fingerprint density at radius 3 is 2.73 bits per heavy atom. The maximum absolute atomic E-state index is 12.0. The number of nitrogens with one attached hydrogen (secondary N) is 3. The fourth-order valence-electron chi connectivity index (χ4n) is 2.29. The standard InChI is InChI=1S/C19H18N6O4S/c1-29-15-9-12(7-8-14(15)26)11-20-23-16(27)10-17-24-25-19(30-17)22-18(28)21-13-5-3-2-4-6-13/h2-9,11,26H,10H2,1H3,(H,23,27)(H2,21,22,25,28)/b20-11+. The first kappa shape index (κ1) is 20.7. The van der Waals surface area contributed by atoms with Crippen molar-refractivity contribution in [3.05, 3.63) is 59.1 Å². The van der Waals surface area contributed by atoms with Crippen LogP contribution in [0, 0.1) is 0 Å². The number of carbonyl (C=O) groups is 2. The molecule has 0 atom stereocenters. The van der Waals surface area contributed by atoms with Crippen molar-refractivity contribution in [3.8, 4) is 11.5 Å². The zero-order chi connectivity index (χ0) is 21.3. The van der Waals surface area contributed by atoms with E-state index in [0.29, 0.717) is 22.0 Å². The van der Waals surface area contributed by atoms with Crippen LogP contribution < -0.4 is 20.8 Å². The second-order valence-corrected chi connectivity index (χ2v) is 6.91. The van der Waals surface area contributed by atoms with Crippen molar-refractivity contribution >= 4 is 40.3 Å². The molecule has 4 N–H and O–H groups in total. The minimum absolute atomic E-state index is 0.0109. The molecule has 0 aliphatic heterocycles. The number of ether oxygens (including phenoxy) is 1. The molecule has 154 valence electrons. The number of amides is 3. The number of anilines is 2. The number of aromatic nitrogens is 2. The van der Waals surface area contributed by atoms with Crippen molar-refractivity contribution in [1.29, 1.82) is 0 Å². The molecule has 1 aromatic heterocycles. The van der Waals surface area contributed by atoms with E-state index in [-0.39, 0.29) is 17.3 Å². The third-order valence-electron chi connectivity index (χ3n) is 3.64. The number of carbonyl (C=O) groups excluding carboxylic acids is 2. The lowest BCUT2D eigenvalue weighted by molar-refractivity contribution is -0.120. The van der Waals surface area contributed by atoms with E-state index in [0.717, 1.165) is 11.3 Å². The first-order chi connectivity index (χ1) is 14.5. The van der Waals surface area contributed by atoms with E-state index in [9.17, 15) is 14.7 Å². The largest absolute Gasteiger partial charge is 0.504 e. The Kier molecular flexibility index (Phi) is 6.90. The predicted octanol–water partition coefficient (Wildman–Crippen LogP) is 2.59. The third kappa shape index (κ3) is 6.01. The zero-order valence-electron chi connectivity index (χ0n) is 15.8. The van der Waals surface area contributed by atoms with Gasteiger partial charge < -0.3 is 15.2 Å². The second kappa shape index (κ2) is 9.98. The summed E-state index contributed by atoms with van der Waals surface area (Å²) in [5, 5.41) is 27.1. The van der Waals surface area contributed by atoms with Crippen LogP contribution in [0.3, 0.4) is 0 Å². The number of rotatable bonds is 7. The Morgan fingerprint density at radius 2 is 1.97 bits per heavy atom. The highest BCUT2D eigenvalue weighted by atomic mass is 32.1. The average molecular weight is 426 g/mol. The molecule has 3 aromatic rings. The zero-order valence-corrected chi connectivity index (χ0v) is 16.6. The van der Waals surface area contributed by atoms with Crippen LogP contribution in [-0.2, 0) is 11.2 Å². The fraction of sp³-hybridized carbons (Fsp3) is 0.105. The van der Waals surface area contributed by atoms with Crippen LogP contribution in [-0.4, -0.2) is 40.6 Å². The van der Waals surface area contributed by atoms with E-state index in [1.165, 1.54) is 19.4 Å². The smallest absolute Gasteiger partial charge is 0.325 e. The van der Waals surface area contributed by atoms with Gasteiger partial charge in [0, 0.05) is 5.69 Å². The Hall–Kier alpha value is -3.99. The normalized spacial score (nSPS) is 10.6. The van der Waals surface area contributed by atoms with Crippen LogP contribution in [0.4, 0.5) is 15.6 Å². The van der Waals surface area contributed by atoms with Gasteiger partial charge in [0.2, 0.25) is 11.0 Å². The molecule has 0 unspecified atom stereocenters. The van der Waals surface area contributed by atoms with Gasteiger partial charge in [-0.2, -0.15) is 5.10 Å². The van der Waals surface area contributed by atoms with Gasteiger partial charge in [0.1, 0.15) is 5.01 Å². The third-order valence-corrected chi connectivity index (χ3v) is 4.48. The summed E-state index contributed by atoms with van der Waals surface area (Å²) in [5.74, 6) is -0.0827. The van der Waals surface area contributed by atoms with Crippen LogP contribution in [0.2, 0.25) is 0 Å². The summed E-state index contributed by atoms with van der Waals surface area (Å²) in [4.78, 5) is 24.0. The van der Waals surface area contributed by atoms with Gasteiger partial charge in [-0.25, -0.2) is 10.2 Å². The topological polar surface area (TPSA) is 138 Å². The molecule has 3 rings (SSSR count). The first-order valence-electron chi connectivity index (χ1n) is 8.68. The molecule has 0 saturated heterocycles. The minimum atomic E-state index is -0.456. The summed E-state index contributed by atoms with van der Waals surface area (Å²) in [6.45, 7) is 0. The van der Waals surface area contributed by atoms with Gasteiger partial charge in [-0.15, -0.1) is 10.2 Å². The number of hydrogen-bond acceptors (Lipinski definition) is 8. The number of benzene rings is 2. The minimum Gasteiger partial charge on any atom is -0.504 e. The summed E-state index contributed by atoms with van der Waals surface area (Å²) >= 11 is 1.09. The molecule has 0 aliphatic carbocycles. The Balaban J connectivity index is 1.48. The number of aromatic hydroxyl groups is 1. The first-order valence-corrected chi connectivity index (χ1v) is 9.49. The average Bonchev–Trinajstić information content (AvgIpc) is 3.16. The van der Waals surface area contributed by atoms with Crippen LogP contribution in [0.5, 0.6) is 11.5 Å². The van der Waals surface area contributed by atoms with Crippen molar-refractivity contribution in [3.63, 3.8) is 0 Å². The van der Waals surface area contributed by atoms with Crippen LogP contribution in [0.25, 0.3) is 0 Å². The number of phenols is 1. The number of methoxy groups -OCH3 is 1. The monoisotopic (exact) mass is 426 g/mol. The van der Waals surface area contributed by atoms with E-state index in [4.69, 9.17) is 4.74 Å². The molecule has 0 radical (unpaired) electrons. The maximum Gasteiger partial charge on any atom is 0.325 e. The summed E-state index contributed by atoms with van der Waals surface area (Å²) < 4.78 is 5.01. The number of urea groups is 1. The molecule has 11 heteroatoms. The van der Waals surface area contributed by atoms with Crippen LogP contribution in [0.1, 0.15) is 10.6 Å². The van der Waals surface area contributed by atoms with E-state index < -0.39 is 11.9 Å². The van der Waals surface area contributed by atoms with E-state index in [1.807, 2.05) is 6.07 Å². The Bertz CT molecular complexity index is 1050. The van der Waals surface area contributed by atoms with Crippen molar-refractivity contribution < 1.29 is 19.4 Å². The number of phenolic OH excluding ortho intramolecular Hbond substituents is 1. The summed E-state index contributed by atoms with van der Waals surface area (Å²) in [5.41, 5.74) is 3.66. The molecule has 30 heavy (non-hydrogen) atoms. The van der Waals surface area contributed by atoms with Gasteiger partial charge in [0.25, 0.3) is 0 Å². The van der Waals surface area contributed by atoms with E-state index >= 15 is 0 Å². The lowest BCUT2D eigenvalue weighted by atomic mass is 10.2. The number of para-hydroxylation sites is 1. The lowest BCUT2D eigenvalue weighted by Crippen LogP contribution is -2.19. The van der Waals surface area contributed by atoms with Gasteiger partial charge in [-0.1, -0.05) is 29.5 Å². The molecule has 0 spiro atoms. The van der Waals surface area contributed by atoms with Crippen LogP contribution in [0.15, 0.2) is 53.6 Å². The van der Waals surface area contributed by atoms with E-state index in [1.54, 1.807) is 36.4 Å². The Labute approximate surface area is 175 Å². The molecule has 10 nitrogen and oxygen atoms in total. The van der Waals surface area contributed by atoms with Gasteiger partial charge in [0.05, 0.1) is 19.7 Å². The van der Waals surface area contributed by atoms with Crippen molar-refractivity contribution in [1.82, 2.24) is 15.6 Å². The van der Waals surface area contributed by atoms with Crippen LogP contribution >= 0.6 is 11.3 Å². The number of hydrazone groups is 1. The van der Waals surface area contributed by atoms with Crippen molar-refractivity contribution in [2.45, 2.75) is 6.42 Å². The molecule has 1 heterocycles. The predicted molar refractivity (Wildman–Crippen MR) is 113 cm³/mol. The maximum atomic E-state index is 12.0. The number of hydrogen-bond donors (Lipinski definition) is 4. The highest BCUT2D eigenvalue weighted by Crippen LogP contribution is 2.25. The molecule has 0 fully saturated rings. The lowest BCUT2D eigenvalue weighted by Gasteiger charge is -2.04. The summed E-state index contributed by atoms with van der Waals surface area (Å²) in [6, 6.07) is 13.2. The SMILES string of the molecule is COc1cc(/C=N/NC(=O)Cc2nnc(NC(=O)Nc3ccccc3)s2)ccc1O. The molecular formula is C19H18N6O4S. The molecule has 3 amide bonds. The van der Waals surface area contributed by atoms with Gasteiger partial charge in [-0.05, 0) is 35.9 Å². The Morgan fingerprint density at radius 1 is 1.17 bits per heavy atom. The van der Waals surface area contributed by atoms with Crippen molar-refractivity contribution in [2.24, 2.45) is 5.10 Å². The molecule has 0 saturated carbocycles. The molecule has 0 aliphatic rings. The van der Waals surface area contributed by atoms with Gasteiger partial charge in [0.15, 0.2) is 11.5 Å². The molecule has 0 bridgehead atoms. The summed E-state index contributed by atoms with van der Waals surface area (Å²) in [6.07, 6.45) is 1.37. The molecule has 2 aromatic carbocycles. The van der Waals surface area contributed by atoms with Gasteiger partial charge >= 0.3 is 6.03 Å². The fourth-order valence-corrected chi connectivity index (χ4v) is 3.02. The number of nitrogens with zero attached hydrogens (tertiary/aromatic N) is 3. The highest BCUT2D eigenvalue weighted by Gasteiger charge is 2.11. The molecular weight excluding hydrogens is 408 g/mol. The second-order valence-electron chi connectivity index (χ2n) is 5.85. The summed E-state index contributed by atoms with van der Waals surface area (Å²) in [7, 11) is 1.44. The van der Waals surface area contributed by atoms with Crippen molar-refractivity contribution in [2.75, 3.05) is 17.7 Å². The van der Waals surface area contributed by atoms with E-state index in [2.05, 4.69) is 31.4 Å².